The van der Waals surface area contributed by atoms with Crippen LogP contribution < -0.4 is 0 Å². The summed E-state index contributed by atoms with van der Waals surface area (Å²) in [6, 6.07) is 0. The van der Waals surface area contributed by atoms with Gasteiger partial charge >= 0.3 is 0 Å². The summed E-state index contributed by atoms with van der Waals surface area (Å²) < 4.78 is 0. The number of rotatable bonds is 0. The third-order valence-electron chi connectivity index (χ3n) is 4.36. The topological polar surface area (TPSA) is 0 Å². The van der Waals surface area contributed by atoms with Crippen LogP contribution in [0.4, 0.5) is 0 Å². The van der Waals surface area contributed by atoms with Gasteiger partial charge in [0.2, 0.25) is 0 Å². The lowest BCUT2D eigenvalue weighted by atomic mass is 9.78. The normalized spacial score (nSPS) is 18.4. The Labute approximate surface area is 110 Å². The van der Waals surface area contributed by atoms with Gasteiger partial charge in [-0.15, -0.1) is 12.6 Å². The predicted octanol–water partition coefficient (Wildman–Crippen LogP) is 4.25. The summed E-state index contributed by atoms with van der Waals surface area (Å²) in [5, 5.41) is 0. The highest BCUT2D eigenvalue weighted by atomic mass is 32.1. The fraction of sp³-hybridized carbons (Fsp3) is 0.625. The van der Waals surface area contributed by atoms with E-state index in [-0.39, 0.29) is 0 Å². The molecule has 0 bridgehead atoms. The van der Waals surface area contributed by atoms with Crippen LogP contribution in [0.25, 0.3) is 0 Å². The number of benzene rings is 1. The molecular weight excluding hydrogens is 224 g/mol. The van der Waals surface area contributed by atoms with Crippen molar-refractivity contribution in [1.29, 1.82) is 0 Å². The number of fused-ring (bicyclic) bond motifs is 2. The molecule has 17 heavy (non-hydrogen) atoms. The fourth-order valence-electron chi connectivity index (χ4n) is 3.83. The van der Waals surface area contributed by atoms with Crippen molar-refractivity contribution in [3.8, 4) is 0 Å². The first-order valence-electron chi connectivity index (χ1n) is 6.89. The standard InChI is InChI=1S/C16H22S/c1-16(2,3)14-10-6-4-8-12(10)15(17)13-9-5-7-11(13)14/h17H,4-9H2,1-3H3. The molecule has 0 amide bonds. The smallest absolute Gasteiger partial charge is 0.0110 e. The van der Waals surface area contributed by atoms with Crippen LogP contribution in [0.15, 0.2) is 4.90 Å². The van der Waals surface area contributed by atoms with Gasteiger partial charge in [-0.05, 0) is 71.8 Å². The number of hydrogen-bond donors (Lipinski definition) is 1. The second kappa shape index (κ2) is 3.78. The van der Waals surface area contributed by atoms with E-state index in [0.29, 0.717) is 5.41 Å². The maximum atomic E-state index is 4.83. The lowest BCUT2D eigenvalue weighted by Gasteiger charge is -2.28. The van der Waals surface area contributed by atoms with Gasteiger partial charge in [-0.3, -0.25) is 0 Å². The third-order valence-corrected chi connectivity index (χ3v) is 4.90. The van der Waals surface area contributed by atoms with Crippen LogP contribution >= 0.6 is 12.6 Å². The van der Waals surface area contributed by atoms with E-state index in [1.165, 1.54) is 43.4 Å². The summed E-state index contributed by atoms with van der Waals surface area (Å²) >= 11 is 4.83. The van der Waals surface area contributed by atoms with E-state index in [0.717, 1.165) is 0 Å². The number of thiol groups is 1. The molecule has 0 atom stereocenters. The Morgan fingerprint density at radius 2 is 1.18 bits per heavy atom. The van der Waals surface area contributed by atoms with E-state index < -0.39 is 0 Å². The van der Waals surface area contributed by atoms with Crippen LogP contribution in [0.3, 0.4) is 0 Å². The lowest BCUT2D eigenvalue weighted by Crippen LogP contribution is -2.18. The molecule has 0 aromatic heterocycles. The first kappa shape index (κ1) is 11.6. The minimum Gasteiger partial charge on any atom is -0.143 e. The Morgan fingerprint density at radius 1 is 0.765 bits per heavy atom. The van der Waals surface area contributed by atoms with Gasteiger partial charge in [0.15, 0.2) is 0 Å². The predicted molar refractivity (Wildman–Crippen MR) is 76.4 cm³/mol. The molecule has 0 fully saturated rings. The molecule has 1 heteroatoms. The highest BCUT2D eigenvalue weighted by Gasteiger charge is 2.31. The molecule has 0 saturated heterocycles. The van der Waals surface area contributed by atoms with Crippen molar-refractivity contribution in [3.05, 3.63) is 27.8 Å². The molecule has 0 heterocycles. The van der Waals surface area contributed by atoms with Crippen molar-refractivity contribution >= 4 is 12.6 Å². The highest BCUT2D eigenvalue weighted by Crippen LogP contribution is 2.44. The average Bonchev–Trinajstić information content (AvgIpc) is 2.83. The summed E-state index contributed by atoms with van der Waals surface area (Å²) in [6.07, 6.45) is 7.73. The monoisotopic (exact) mass is 246 g/mol. The summed E-state index contributed by atoms with van der Waals surface area (Å²) in [5.74, 6) is 0. The molecule has 2 aliphatic rings. The molecule has 92 valence electrons. The van der Waals surface area contributed by atoms with Crippen LogP contribution in [0.1, 0.15) is 61.4 Å². The maximum Gasteiger partial charge on any atom is 0.0110 e. The maximum absolute atomic E-state index is 4.83. The van der Waals surface area contributed by atoms with Gasteiger partial charge in [0.1, 0.15) is 0 Å². The van der Waals surface area contributed by atoms with E-state index >= 15 is 0 Å². The van der Waals surface area contributed by atoms with Crippen molar-refractivity contribution < 1.29 is 0 Å². The van der Waals surface area contributed by atoms with E-state index in [4.69, 9.17) is 12.6 Å². The zero-order valence-corrected chi connectivity index (χ0v) is 12.1. The van der Waals surface area contributed by atoms with E-state index in [9.17, 15) is 0 Å². The van der Waals surface area contributed by atoms with E-state index in [1.54, 1.807) is 27.8 Å². The molecular formula is C16H22S. The Morgan fingerprint density at radius 3 is 1.59 bits per heavy atom. The van der Waals surface area contributed by atoms with Crippen LogP contribution in [0, 0.1) is 0 Å². The van der Waals surface area contributed by atoms with Crippen LogP contribution in [0.5, 0.6) is 0 Å². The van der Waals surface area contributed by atoms with Gasteiger partial charge in [0, 0.05) is 4.90 Å². The van der Waals surface area contributed by atoms with Crippen molar-refractivity contribution in [3.63, 3.8) is 0 Å². The van der Waals surface area contributed by atoms with E-state index in [1.807, 2.05) is 0 Å². The van der Waals surface area contributed by atoms with Crippen molar-refractivity contribution in [2.75, 3.05) is 0 Å². The largest absolute Gasteiger partial charge is 0.143 e. The molecule has 2 aliphatic carbocycles. The third kappa shape index (κ3) is 1.66. The summed E-state index contributed by atoms with van der Waals surface area (Å²) in [5.41, 5.74) is 8.45. The summed E-state index contributed by atoms with van der Waals surface area (Å²) in [7, 11) is 0. The van der Waals surface area contributed by atoms with E-state index in [2.05, 4.69) is 20.8 Å². The Hall–Kier alpha value is -0.430. The Bertz CT molecular complexity index is 442. The Kier molecular flexibility index (Phi) is 2.59. The van der Waals surface area contributed by atoms with Crippen LogP contribution in [-0.2, 0) is 31.1 Å². The second-order valence-corrected chi connectivity index (χ2v) is 7.04. The minimum absolute atomic E-state index is 0.296. The Balaban J connectivity index is 2.34. The highest BCUT2D eigenvalue weighted by molar-refractivity contribution is 7.80. The molecule has 0 spiro atoms. The van der Waals surface area contributed by atoms with Crippen molar-refractivity contribution in [2.24, 2.45) is 0 Å². The van der Waals surface area contributed by atoms with Crippen LogP contribution in [0.2, 0.25) is 0 Å². The second-order valence-electron chi connectivity index (χ2n) is 6.59. The van der Waals surface area contributed by atoms with Gasteiger partial charge in [0.05, 0.1) is 0 Å². The van der Waals surface area contributed by atoms with Gasteiger partial charge < -0.3 is 0 Å². The molecule has 0 saturated carbocycles. The SMILES string of the molecule is CC(C)(C)c1c2c(c(S)c3c1CCC3)CCC2. The molecule has 0 radical (unpaired) electrons. The average molecular weight is 246 g/mol. The first-order chi connectivity index (χ1) is 8.00. The quantitative estimate of drug-likeness (QED) is 0.650. The molecule has 1 aromatic rings. The van der Waals surface area contributed by atoms with Gasteiger partial charge in [-0.1, -0.05) is 20.8 Å². The number of hydrogen-bond acceptors (Lipinski definition) is 1. The molecule has 0 unspecified atom stereocenters. The molecule has 0 nitrogen and oxygen atoms in total. The zero-order chi connectivity index (χ0) is 12.2. The first-order valence-corrected chi connectivity index (χ1v) is 7.34. The fourth-order valence-corrected chi connectivity index (χ4v) is 4.32. The lowest BCUT2D eigenvalue weighted by molar-refractivity contribution is 0.576. The van der Waals surface area contributed by atoms with Gasteiger partial charge in [0.25, 0.3) is 0 Å². The van der Waals surface area contributed by atoms with Crippen molar-refractivity contribution in [2.45, 2.75) is 69.6 Å². The van der Waals surface area contributed by atoms with Crippen LogP contribution in [-0.4, -0.2) is 0 Å². The summed E-state index contributed by atoms with van der Waals surface area (Å²) in [6.45, 7) is 7.12. The molecule has 3 rings (SSSR count). The molecule has 0 aliphatic heterocycles. The van der Waals surface area contributed by atoms with Gasteiger partial charge in [-0.25, -0.2) is 0 Å². The molecule has 0 N–H and O–H groups in total. The summed E-state index contributed by atoms with van der Waals surface area (Å²) in [4.78, 5) is 1.35. The van der Waals surface area contributed by atoms with Crippen molar-refractivity contribution in [1.82, 2.24) is 0 Å². The molecule has 1 aromatic carbocycles. The zero-order valence-electron chi connectivity index (χ0n) is 11.2. The minimum atomic E-state index is 0.296. The van der Waals surface area contributed by atoms with Gasteiger partial charge in [-0.2, -0.15) is 0 Å².